The molecule has 0 saturated heterocycles. The second kappa shape index (κ2) is 8.02. The molecule has 0 bridgehead atoms. The number of carbonyl (C=O) groups is 2. The lowest BCUT2D eigenvalue weighted by Crippen LogP contribution is -2.46. The maximum Gasteiger partial charge on any atom is 0.239 e. The van der Waals surface area contributed by atoms with Crippen molar-refractivity contribution in [2.45, 2.75) is 40.2 Å². The lowest BCUT2D eigenvalue weighted by molar-refractivity contribution is -0.137. The van der Waals surface area contributed by atoms with Crippen molar-refractivity contribution in [2.75, 3.05) is 13.1 Å². The van der Waals surface area contributed by atoms with Gasteiger partial charge in [0.2, 0.25) is 11.8 Å². The summed E-state index contributed by atoms with van der Waals surface area (Å²) in [6.07, 6.45) is 0.552. The average Bonchev–Trinajstić information content (AvgIpc) is 2.24. The summed E-state index contributed by atoms with van der Waals surface area (Å²) in [6.45, 7) is 7.94. The van der Waals surface area contributed by atoms with Crippen LogP contribution in [0.2, 0.25) is 0 Å². The maximum atomic E-state index is 12.1. The van der Waals surface area contributed by atoms with Crippen LogP contribution in [-0.4, -0.2) is 40.8 Å². The molecule has 5 nitrogen and oxygen atoms in total. The van der Waals surface area contributed by atoms with E-state index >= 15 is 0 Å². The predicted octanol–water partition coefficient (Wildman–Crippen LogP) is 0.672. The zero-order valence-electron chi connectivity index (χ0n) is 11.5. The average molecular weight is 273 g/mol. The van der Waals surface area contributed by atoms with Gasteiger partial charge in [-0.05, 0) is 27.2 Å². The van der Waals surface area contributed by atoms with Gasteiger partial charge >= 0.3 is 0 Å². The van der Waals surface area contributed by atoms with Crippen molar-refractivity contribution in [1.29, 1.82) is 0 Å². The van der Waals surface area contributed by atoms with E-state index in [0.717, 1.165) is 0 Å². The zero-order chi connectivity index (χ0) is 14.3. The Kier molecular flexibility index (Phi) is 7.50. The summed E-state index contributed by atoms with van der Waals surface area (Å²) in [7, 11) is 0. The smallest absolute Gasteiger partial charge is 0.239 e. The molecule has 0 aromatic carbocycles. The molecule has 0 aromatic heterocycles. The van der Waals surface area contributed by atoms with Crippen LogP contribution in [0.5, 0.6) is 0 Å². The predicted molar refractivity (Wildman–Crippen MR) is 76.1 cm³/mol. The van der Waals surface area contributed by atoms with Crippen molar-refractivity contribution in [3.8, 4) is 0 Å². The van der Waals surface area contributed by atoms with E-state index in [4.69, 9.17) is 18.0 Å². The van der Waals surface area contributed by atoms with Crippen LogP contribution in [0.3, 0.4) is 0 Å². The summed E-state index contributed by atoms with van der Waals surface area (Å²) in [5, 5.41) is 2.75. The van der Waals surface area contributed by atoms with Crippen LogP contribution in [0.1, 0.15) is 34.1 Å². The minimum Gasteiger partial charge on any atom is -0.393 e. The van der Waals surface area contributed by atoms with Gasteiger partial charge < -0.3 is 16.0 Å². The van der Waals surface area contributed by atoms with Crippen molar-refractivity contribution >= 4 is 29.0 Å². The summed E-state index contributed by atoms with van der Waals surface area (Å²) < 4.78 is 0. The number of rotatable bonds is 7. The molecule has 0 radical (unpaired) electrons. The number of thiocarbonyl (C=S) groups is 1. The first-order chi connectivity index (χ1) is 8.33. The third-order valence-electron chi connectivity index (χ3n) is 2.53. The molecule has 1 unspecified atom stereocenters. The molecule has 6 heteroatoms. The standard InChI is InChI=1S/C12H23N3O2S/c1-5-9(11(13)18)12(17)15(6-2)7-10(16)14-8(3)4/h8-9H,5-7H2,1-4H3,(H2,13,18)(H,14,16). The van der Waals surface area contributed by atoms with Crippen molar-refractivity contribution in [3.05, 3.63) is 0 Å². The molecular weight excluding hydrogens is 250 g/mol. The van der Waals surface area contributed by atoms with Crippen LogP contribution in [0.15, 0.2) is 0 Å². The highest BCUT2D eigenvalue weighted by atomic mass is 32.1. The minimum absolute atomic E-state index is 0.0482. The van der Waals surface area contributed by atoms with Crippen LogP contribution < -0.4 is 11.1 Å². The van der Waals surface area contributed by atoms with Gasteiger partial charge in [-0.25, -0.2) is 0 Å². The number of carbonyl (C=O) groups excluding carboxylic acids is 2. The summed E-state index contributed by atoms with van der Waals surface area (Å²) in [6, 6.07) is 0.0591. The Morgan fingerprint density at radius 1 is 1.33 bits per heavy atom. The number of nitrogens with zero attached hydrogens (tertiary/aromatic N) is 1. The second-order valence-corrected chi connectivity index (χ2v) is 4.91. The lowest BCUT2D eigenvalue weighted by atomic mass is 10.1. The van der Waals surface area contributed by atoms with Gasteiger partial charge in [0.1, 0.15) is 0 Å². The van der Waals surface area contributed by atoms with Crippen LogP contribution in [0.25, 0.3) is 0 Å². The van der Waals surface area contributed by atoms with E-state index in [2.05, 4.69) is 5.32 Å². The van der Waals surface area contributed by atoms with Gasteiger partial charge in [0.25, 0.3) is 0 Å². The molecular formula is C12H23N3O2S. The summed E-state index contributed by atoms with van der Waals surface area (Å²) in [5.74, 6) is -0.823. The first-order valence-electron chi connectivity index (χ1n) is 6.20. The van der Waals surface area contributed by atoms with Crippen LogP contribution in [0.4, 0.5) is 0 Å². The Hall–Kier alpha value is -1.17. The number of nitrogens with two attached hydrogens (primary N) is 1. The summed E-state index contributed by atoms with van der Waals surface area (Å²) in [4.78, 5) is 25.4. The second-order valence-electron chi connectivity index (χ2n) is 4.44. The van der Waals surface area contributed by atoms with Gasteiger partial charge in [0.05, 0.1) is 17.5 Å². The van der Waals surface area contributed by atoms with Gasteiger partial charge in [-0.1, -0.05) is 19.1 Å². The number of hydrogen-bond acceptors (Lipinski definition) is 3. The Balaban J connectivity index is 4.62. The van der Waals surface area contributed by atoms with Gasteiger partial charge in [-0.2, -0.15) is 0 Å². The van der Waals surface area contributed by atoms with Crippen LogP contribution in [-0.2, 0) is 9.59 Å². The first-order valence-corrected chi connectivity index (χ1v) is 6.61. The van der Waals surface area contributed by atoms with E-state index in [1.807, 2.05) is 27.7 Å². The van der Waals surface area contributed by atoms with E-state index in [0.29, 0.717) is 13.0 Å². The third-order valence-corrected chi connectivity index (χ3v) is 2.81. The van der Waals surface area contributed by atoms with E-state index < -0.39 is 5.92 Å². The molecule has 0 aromatic rings. The van der Waals surface area contributed by atoms with E-state index in [-0.39, 0.29) is 29.4 Å². The minimum atomic E-state index is -0.480. The quantitative estimate of drug-likeness (QED) is 0.669. The molecule has 1 atom stereocenters. The molecule has 0 aliphatic heterocycles. The largest absolute Gasteiger partial charge is 0.393 e. The molecule has 104 valence electrons. The molecule has 0 rings (SSSR count). The molecule has 3 N–H and O–H groups in total. The Labute approximate surface area is 114 Å². The van der Waals surface area contributed by atoms with Crippen molar-refractivity contribution < 1.29 is 9.59 Å². The van der Waals surface area contributed by atoms with E-state index in [1.165, 1.54) is 4.90 Å². The SMILES string of the molecule is CCC(C(=O)N(CC)CC(=O)NC(C)C)C(N)=S. The topological polar surface area (TPSA) is 75.4 Å². The summed E-state index contributed by atoms with van der Waals surface area (Å²) >= 11 is 4.87. The fourth-order valence-electron chi connectivity index (χ4n) is 1.60. The number of hydrogen-bond donors (Lipinski definition) is 2. The highest BCUT2D eigenvalue weighted by Gasteiger charge is 2.25. The number of nitrogens with one attached hydrogen (secondary N) is 1. The molecule has 0 aliphatic rings. The highest BCUT2D eigenvalue weighted by Crippen LogP contribution is 2.08. The monoisotopic (exact) mass is 273 g/mol. The molecule has 0 spiro atoms. The molecule has 0 aliphatic carbocycles. The third kappa shape index (κ3) is 5.44. The molecule has 0 saturated carbocycles. The zero-order valence-corrected chi connectivity index (χ0v) is 12.3. The Morgan fingerprint density at radius 3 is 2.22 bits per heavy atom. The lowest BCUT2D eigenvalue weighted by Gasteiger charge is -2.25. The van der Waals surface area contributed by atoms with Crippen molar-refractivity contribution in [3.63, 3.8) is 0 Å². The van der Waals surface area contributed by atoms with E-state index in [1.54, 1.807) is 0 Å². The normalized spacial score (nSPS) is 12.1. The molecule has 0 heterocycles. The van der Waals surface area contributed by atoms with Gasteiger partial charge in [0, 0.05) is 12.6 Å². The molecule has 2 amide bonds. The first kappa shape index (κ1) is 16.8. The van der Waals surface area contributed by atoms with Gasteiger partial charge in [-0.15, -0.1) is 0 Å². The Bertz CT molecular complexity index is 318. The van der Waals surface area contributed by atoms with Gasteiger partial charge in [-0.3, -0.25) is 9.59 Å². The maximum absolute atomic E-state index is 12.1. The van der Waals surface area contributed by atoms with Crippen LogP contribution >= 0.6 is 12.2 Å². The summed E-state index contributed by atoms with van der Waals surface area (Å²) in [5.41, 5.74) is 5.54. The van der Waals surface area contributed by atoms with Crippen molar-refractivity contribution in [1.82, 2.24) is 10.2 Å². The van der Waals surface area contributed by atoms with Gasteiger partial charge in [0.15, 0.2) is 0 Å². The van der Waals surface area contributed by atoms with Crippen molar-refractivity contribution in [2.24, 2.45) is 11.7 Å². The Morgan fingerprint density at radius 2 is 1.89 bits per heavy atom. The fraction of sp³-hybridized carbons (Fsp3) is 0.750. The number of likely N-dealkylation sites (N-methyl/N-ethyl adjacent to an activating group) is 1. The molecule has 0 fully saturated rings. The molecule has 18 heavy (non-hydrogen) atoms. The highest BCUT2D eigenvalue weighted by molar-refractivity contribution is 7.80. The van der Waals surface area contributed by atoms with E-state index in [9.17, 15) is 9.59 Å². The van der Waals surface area contributed by atoms with Crippen LogP contribution in [0, 0.1) is 5.92 Å². The fourth-order valence-corrected chi connectivity index (χ4v) is 1.87. The number of amides is 2.